The molecule has 0 aliphatic carbocycles. The number of nitrogens with zero attached hydrogens (tertiary/aromatic N) is 3. The van der Waals surface area contributed by atoms with Gasteiger partial charge in [-0.1, -0.05) is 6.07 Å². The van der Waals surface area contributed by atoms with Crippen molar-refractivity contribution in [1.82, 2.24) is 9.97 Å². The molecule has 0 atom stereocenters. The van der Waals surface area contributed by atoms with Crippen LogP contribution in [0.1, 0.15) is 16.7 Å². The van der Waals surface area contributed by atoms with Gasteiger partial charge in [0.15, 0.2) is 0 Å². The van der Waals surface area contributed by atoms with Crippen molar-refractivity contribution in [2.24, 2.45) is 0 Å². The van der Waals surface area contributed by atoms with Crippen LogP contribution in [0.15, 0.2) is 36.7 Å². The molecule has 22 heavy (non-hydrogen) atoms. The van der Waals surface area contributed by atoms with Gasteiger partial charge in [0, 0.05) is 16.0 Å². The lowest BCUT2D eigenvalue weighted by Gasteiger charge is -2.22. The average molecular weight is 403 g/mol. The minimum atomic E-state index is 0.941. The van der Waals surface area contributed by atoms with Crippen LogP contribution in [-0.4, -0.2) is 17.0 Å². The Morgan fingerprint density at radius 1 is 0.955 bits per heavy atom. The minimum Gasteiger partial charge on any atom is -0.328 e. The van der Waals surface area contributed by atoms with Gasteiger partial charge in [0.1, 0.15) is 12.1 Å². The summed E-state index contributed by atoms with van der Waals surface area (Å²) in [7, 11) is 2.06. The van der Waals surface area contributed by atoms with Crippen LogP contribution in [-0.2, 0) is 0 Å². The molecule has 0 aliphatic heterocycles. The zero-order valence-electron chi connectivity index (χ0n) is 13.2. The van der Waals surface area contributed by atoms with Crippen LogP contribution >= 0.6 is 22.6 Å². The highest BCUT2D eigenvalue weighted by Crippen LogP contribution is 2.32. The van der Waals surface area contributed by atoms with Crippen LogP contribution in [0.25, 0.3) is 10.9 Å². The molecule has 0 saturated heterocycles. The molecule has 0 bridgehead atoms. The normalized spacial score (nSPS) is 11.0. The van der Waals surface area contributed by atoms with Gasteiger partial charge in [-0.2, -0.15) is 0 Å². The summed E-state index contributed by atoms with van der Waals surface area (Å²) in [4.78, 5) is 11.1. The smallest absolute Gasteiger partial charge is 0.144 e. The van der Waals surface area contributed by atoms with E-state index in [9.17, 15) is 0 Å². The van der Waals surface area contributed by atoms with Crippen molar-refractivity contribution in [2.75, 3.05) is 11.9 Å². The Balaban J connectivity index is 2.21. The van der Waals surface area contributed by atoms with Crippen LogP contribution in [0.4, 0.5) is 11.5 Å². The molecule has 1 aromatic heterocycles. The summed E-state index contributed by atoms with van der Waals surface area (Å²) >= 11 is 2.37. The lowest BCUT2D eigenvalue weighted by molar-refractivity contribution is 1.10. The summed E-state index contributed by atoms with van der Waals surface area (Å²) in [5, 5.41) is 1.09. The molecule has 0 radical (unpaired) electrons. The fraction of sp³-hybridized carbons (Fsp3) is 0.222. The van der Waals surface area contributed by atoms with E-state index in [0.717, 1.165) is 16.7 Å². The van der Waals surface area contributed by atoms with E-state index in [1.165, 1.54) is 25.9 Å². The number of aryl methyl sites for hydroxylation is 3. The van der Waals surface area contributed by atoms with E-state index in [1.54, 1.807) is 6.33 Å². The van der Waals surface area contributed by atoms with Gasteiger partial charge in [-0.15, -0.1) is 0 Å². The number of aromatic nitrogens is 2. The van der Waals surface area contributed by atoms with Crippen LogP contribution in [0.3, 0.4) is 0 Å². The van der Waals surface area contributed by atoms with E-state index in [4.69, 9.17) is 0 Å². The first kappa shape index (κ1) is 15.2. The topological polar surface area (TPSA) is 29.0 Å². The highest BCUT2D eigenvalue weighted by Gasteiger charge is 2.14. The summed E-state index contributed by atoms with van der Waals surface area (Å²) in [5.41, 5.74) is 5.91. The summed E-state index contributed by atoms with van der Waals surface area (Å²) in [6.45, 7) is 6.35. The summed E-state index contributed by atoms with van der Waals surface area (Å²) in [6.07, 6.45) is 1.64. The van der Waals surface area contributed by atoms with Crippen molar-refractivity contribution in [3.63, 3.8) is 0 Å². The third kappa shape index (κ3) is 2.67. The summed E-state index contributed by atoms with van der Waals surface area (Å²) < 4.78 is 1.21. The Morgan fingerprint density at radius 2 is 1.68 bits per heavy atom. The molecule has 0 amide bonds. The summed E-state index contributed by atoms with van der Waals surface area (Å²) in [5.74, 6) is 0.941. The Kier molecular flexibility index (Phi) is 4.04. The number of halogens is 1. The molecular formula is C18H18IN3. The van der Waals surface area contributed by atoms with Gasteiger partial charge < -0.3 is 4.90 Å². The maximum atomic E-state index is 4.54. The molecule has 2 aromatic carbocycles. The van der Waals surface area contributed by atoms with Gasteiger partial charge in [0.2, 0.25) is 0 Å². The molecule has 0 saturated carbocycles. The van der Waals surface area contributed by atoms with Gasteiger partial charge in [0.25, 0.3) is 0 Å². The highest BCUT2D eigenvalue weighted by molar-refractivity contribution is 14.1. The highest BCUT2D eigenvalue weighted by atomic mass is 127. The molecule has 3 rings (SSSR count). The predicted octanol–water partition coefficient (Wildman–Crippen LogP) is 4.93. The molecule has 0 aliphatic rings. The molecule has 3 aromatic rings. The fourth-order valence-electron chi connectivity index (χ4n) is 2.56. The second kappa shape index (κ2) is 5.83. The second-order valence-corrected chi connectivity index (χ2v) is 6.83. The van der Waals surface area contributed by atoms with E-state index < -0.39 is 0 Å². The Labute approximate surface area is 144 Å². The second-order valence-electron chi connectivity index (χ2n) is 5.66. The number of anilines is 2. The van der Waals surface area contributed by atoms with Gasteiger partial charge in [-0.25, -0.2) is 9.97 Å². The quantitative estimate of drug-likeness (QED) is 0.569. The number of fused-ring (bicyclic) bond motifs is 1. The van der Waals surface area contributed by atoms with Crippen molar-refractivity contribution in [2.45, 2.75) is 20.8 Å². The number of benzene rings is 2. The first-order chi connectivity index (χ1) is 10.5. The van der Waals surface area contributed by atoms with Gasteiger partial charge >= 0.3 is 0 Å². The minimum absolute atomic E-state index is 0.941. The fourth-order valence-corrected chi connectivity index (χ4v) is 3.26. The van der Waals surface area contributed by atoms with Crippen molar-refractivity contribution in [3.8, 4) is 0 Å². The average Bonchev–Trinajstić information content (AvgIpc) is 2.49. The van der Waals surface area contributed by atoms with Crippen molar-refractivity contribution in [1.29, 1.82) is 0 Å². The van der Waals surface area contributed by atoms with Crippen molar-refractivity contribution in [3.05, 3.63) is 56.9 Å². The first-order valence-corrected chi connectivity index (χ1v) is 8.27. The lowest BCUT2D eigenvalue weighted by atomic mass is 10.1. The van der Waals surface area contributed by atoms with E-state index in [0.29, 0.717) is 0 Å². The molecule has 112 valence electrons. The Hall–Kier alpha value is -1.69. The van der Waals surface area contributed by atoms with E-state index in [1.807, 2.05) is 0 Å². The van der Waals surface area contributed by atoms with Crippen molar-refractivity contribution >= 4 is 45.0 Å². The Morgan fingerprint density at radius 3 is 2.45 bits per heavy atom. The van der Waals surface area contributed by atoms with E-state index >= 15 is 0 Å². The van der Waals surface area contributed by atoms with E-state index in [-0.39, 0.29) is 0 Å². The largest absolute Gasteiger partial charge is 0.328 e. The van der Waals surface area contributed by atoms with Gasteiger partial charge in [0.05, 0.1) is 11.2 Å². The van der Waals surface area contributed by atoms with E-state index in [2.05, 4.69) is 95.6 Å². The SMILES string of the molecule is Cc1ccc(I)c(N(C)c2ncnc3cc(C)c(C)cc23)c1. The zero-order chi connectivity index (χ0) is 15.9. The van der Waals surface area contributed by atoms with Crippen molar-refractivity contribution < 1.29 is 0 Å². The molecule has 1 heterocycles. The number of hydrogen-bond acceptors (Lipinski definition) is 3. The molecule has 0 unspecified atom stereocenters. The number of hydrogen-bond donors (Lipinski definition) is 0. The maximum absolute atomic E-state index is 4.54. The van der Waals surface area contributed by atoms with Gasteiger partial charge in [-0.05, 0) is 84.3 Å². The Bertz CT molecular complexity index is 858. The molecule has 0 fully saturated rings. The molecule has 3 nitrogen and oxygen atoms in total. The maximum Gasteiger partial charge on any atom is 0.144 e. The van der Waals surface area contributed by atoms with Crippen LogP contribution in [0.2, 0.25) is 0 Å². The van der Waals surface area contributed by atoms with Crippen LogP contribution in [0.5, 0.6) is 0 Å². The van der Waals surface area contributed by atoms with Crippen LogP contribution < -0.4 is 4.90 Å². The predicted molar refractivity (Wildman–Crippen MR) is 101 cm³/mol. The molecule has 0 spiro atoms. The molecular weight excluding hydrogens is 385 g/mol. The molecule has 4 heteroatoms. The summed E-state index contributed by atoms with van der Waals surface area (Å²) in [6, 6.07) is 10.8. The van der Waals surface area contributed by atoms with Crippen LogP contribution in [0, 0.1) is 24.3 Å². The lowest BCUT2D eigenvalue weighted by Crippen LogP contribution is -2.13. The standard InChI is InChI=1S/C18H18IN3/c1-11-5-6-15(19)17(7-11)22(4)18-14-8-12(2)13(3)9-16(14)20-10-21-18/h5-10H,1-4H3. The third-order valence-electron chi connectivity index (χ3n) is 4.01. The monoisotopic (exact) mass is 403 g/mol. The molecule has 0 N–H and O–H groups in total. The third-order valence-corrected chi connectivity index (χ3v) is 4.92. The van der Waals surface area contributed by atoms with Gasteiger partial charge in [-0.3, -0.25) is 0 Å². The first-order valence-electron chi connectivity index (χ1n) is 7.19. The zero-order valence-corrected chi connectivity index (χ0v) is 15.3. The number of rotatable bonds is 2.